The highest BCUT2D eigenvalue weighted by molar-refractivity contribution is 7.87. The van der Waals surface area contributed by atoms with Gasteiger partial charge in [-0.2, -0.15) is 17.4 Å². The third-order valence-corrected chi connectivity index (χ3v) is 8.57. The lowest BCUT2D eigenvalue weighted by Crippen LogP contribution is -2.52. The topological polar surface area (TPSA) is 97.0 Å². The summed E-state index contributed by atoms with van der Waals surface area (Å²) in [6.07, 6.45) is 2.92. The lowest BCUT2D eigenvalue weighted by molar-refractivity contribution is 0.0721. The Morgan fingerprint density at radius 2 is 1.71 bits per heavy atom. The monoisotopic (exact) mass is 487 g/mol. The van der Waals surface area contributed by atoms with Crippen LogP contribution in [0.25, 0.3) is 0 Å². The molecule has 1 aliphatic carbocycles. The number of rotatable bonds is 8. The van der Waals surface area contributed by atoms with E-state index >= 15 is 0 Å². The number of methoxy groups -OCH3 is 1. The second-order valence-corrected chi connectivity index (χ2v) is 10.6. The third kappa shape index (κ3) is 5.60. The van der Waals surface area contributed by atoms with E-state index in [1.54, 1.807) is 19.2 Å². The molecule has 2 aromatic carbocycles. The SMILES string of the molecule is COc1ccccc1C(=O)NCC1(c2ccccc2)CCC(NS(=O)(=O)N2CCOCC2)CC1. The minimum atomic E-state index is -3.53. The molecular formula is C25H33N3O5S. The van der Waals surface area contributed by atoms with Crippen LogP contribution in [0.4, 0.5) is 0 Å². The maximum Gasteiger partial charge on any atom is 0.279 e. The van der Waals surface area contributed by atoms with E-state index in [9.17, 15) is 13.2 Å². The van der Waals surface area contributed by atoms with Crippen molar-refractivity contribution >= 4 is 16.1 Å². The van der Waals surface area contributed by atoms with Gasteiger partial charge in [0, 0.05) is 31.1 Å². The van der Waals surface area contributed by atoms with E-state index in [1.807, 2.05) is 30.3 Å². The first-order chi connectivity index (χ1) is 16.4. The van der Waals surface area contributed by atoms with Crippen LogP contribution in [0.1, 0.15) is 41.6 Å². The predicted molar refractivity (Wildman–Crippen MR) is 130 cm³/mol. The molecule has 0 radical (unpaired) electrons. The molecule has 0 aromatic heterocycles. The summed E-state index contributed by atoms with van der Waals surface area (Å²) in [7, 11) is -1.98. The summed E-state index contributed by atoms with van der Waals surface area (Å²) in [6, 6.07) is 17.2. The van der Waals surface area contributed by atoms with E-state index in [4.69, 9.17) is 9.47 Å². The second kappa shape index (κ2) is 10.9. The summed E-state index contributed by atoms with van der Waals surface area (Å²) in [5.74, 6) is 0.359. The molecule has 0 atom stereocenters. The molecule has 9 heteroatoms. The molecule has 1 saturated heterocycles. The van der Waals surface area contributed by atoms with Gasteiger partial charge in [0.1, 0.15) is 5.75 Å². The Labute approximate surface area is 201 Å². The van der Waals surface area contributed by atoms with Crippen molar-refractivity contribution < 1.29 is 22.7 Å². The number of para-hydroxylation sites is 1. The van der Waals surface area contributed by atoms with E-state index in [0.717, 1.165) is 18.4 Å². The summed E-state index contributed by atoms with van der Waals surface area (Å²) in [5.41, 5.74) is 1.39. The molecule has 1 saturated carbocycles. The van der Waals surface area contributed by atoms with E-state index in [0.29, 0.717) is 57.0 Å². The molecular weight excluding hydrogens is 454 g/mol. The fourth-order valence-corrected chi connectivity index (χ4v) is 6.33. The number of carbonyl (C=O) groups excluding carboxylic acids is 1. The number of nitrogens with zero attached hydrogens (tertiary/aromatic N) is 1. The van der Waals surface area contributed by atoms with Crippen LogP contribution in [0.3, 0.4) is 0 Å². The summed E-state index contributed by atoms with van der Waals surface area (Å²) >= 11 is 0. The minimum Gasteiger partial charge on any atom is -0.496 e. The lowest BCUT2D eigenvalue weighted by Gasteiger charge is -2.41. The van der Waals surface area contributed by atoms with Gasteiger partial charge in [0.05, 0.1) is 25.9 Å². The summed E-state index contributed by atoms with van der Waals surface area (Å²) in [5, 5.41) is 3.12. The molecule has 2 aromatic rings. The number of morpholine rings is 1. The first kappa shape index (κ1) is 24.7. The minimum absolute atomic E-state index is 0.130. The number of benzene rings is 2. The second-order valence-electron chi connectivity index (χ2n) is 8.94. The highest BCUT2D eigenvalue weighted by Gasteiger charge is 2.39. The van der Waals surface area contributed by atoms with Crippen LogP contribution in [0.15, 0.2) is 54.6 Å². The molecule has 0 unspecified atom stereocenters. The Morgan fingerprint density at radius 1 is 1.06 bits per heavy atom. The van der Waals surface area contributed by atoms with Crippen molar-refractivity contribution in [3.05, 3.63) is 65.7 Å². The standard InChI is InChI=1S/C25H33N3O5S/c1-32-23-10-6-5-9-22(23)24(29)26-19-25(20-7-3-2-4-8-20)13-11-21(12-14-25)27-34(30,31)28-15-17-33-18-16-28/h2-10,21,27H,11-19H2,1H3,(H,26,29). The third-order valence-electron chi connectivity index (χ3n) is 6.89. The van der Waals surface area contributed by atoms with Gasteiger partial charge >= 0.3 is 0 Å². The van der Waals surface area contributed by atoms with Gasteiger partial charge in [0.2, 0.25) is 0 Å². The Hall–Kier alpha value is -2.46. The lowest BCUT2D eigenvalue weighted by atomic mass is 9.68. The number of nitrogens with one attached hydrogen (secondary N) is 2. The first-order valence-corrected chi connectivity index (χ1v) is 13.2. The molecule has 34 heavy (non-hydrogen) atoms. The summed E-state index contributed by atoms with van der Waals surface area (Å²) < 4.78 is 40.6. The predicted octanol–water partition coefficient (Wildman–Crippen LogP) is 2.47. The summed E-state index contributed by atoms with van der Waals surface area (Å²) in [4.78, 5) is 13.0. The van der Waals surface area contributed by atoms with E-state index < -0.39 is 10.2 Å². The van der Waals surface area contributed by atoms with E-state index in [-0.39, 0.29) is 17.4 Å². The maximum atomic E-state index is 13.0. The quantitative estimate of drug-likeness (QED) is 0.596. The Kier molecular flexibility index (Phi) is 7.88. The Bertz CT molecular complexity index is 1060. The smallest absolute Gasteiger partial charge is 0.279 e. The van der Waals surface area contributed by atoms with Gasteiger partial charge in [-0.15, -0.1) is 0 Å². The normalized spacial score (nSPS) is 23.9. The maximum absolute atomic E-state index is 13.0. The number of amides is 1. The van der Waals surface area contributed by atoms with E-state index in [2.05, 4.69) is 22.2 Å². The van der Waals surface area contributed by atoms with Crippen LogP contribution < -0.4 is 14.8 Å². The fraction of sp³-hybridized carbons (Fsp3) is 0.480. The first-order valence-electron chi connectivity index (χ1n) is 11.8. The molecule has 184 valence electrons. The van der Waals surface area contributed by atoms with Crippen molar-refractivity contribution in [2.75, 3.05) is 40.0 Å². The van der Waals surface area contributed by atoms with Gasteiger partial charge < -0.3 is 14.8 Å². The van der Waals surface area contributed by atoms with Crippen molar-refractivity contribution in [2.45, 2.75) is 37.1 Å². The molecule has 2 N–H and O–H groups in total. The highest BCUT2D eigenvalue weighted by Crippen LogP contribution is 2.39. The van der Waals surface area contributed by atoms with Crippen LogP contribution in [-0.4, -0.2) is 64.6 Å². The average Bonchev–Trinajstić information content (AvgIpc) is 2.89. The van der Waals surface area contributed by atoms with Gasteiger partial charge in [0.15, 0.2) is 0 Å². The Balaban J connectivity index is 1.45. The molecule has 4 rings (SSSR count). The van der Waals surface area contributed by atoms with Gasteiger partial charge in [-0.25, -0.2) is 0 Å². The van der Waals surface area contributed by atoms with Crippen molar-refractivity contribution in [3.63, 3.8) is 0 Å². The van der Waals surface area contributed by atoms with Crippen LogP contribution in [0.2, 0.25) is 0 Å². The van der Waals surface area contributed by atoms with Crippen LogP contribution in [0.5, 0.6) is 5.75 Å². The number of carbonyl (C=O) groups is 1. The number of hydrogen-bond donors (Lipinski definition) is 2. The molecule has 1 heterocycles. The van der Waals surface area contributed by atoms with Crippen molar-refractivity contribution in [3.8, 4) is 5.75 Å². The largest absolute Gasteiger partial charge is 0.496 e. The van der Waals surface area contributed by atoms with Gasteiger partial charge in [-0.1, -0.05) is 42.5 Å². The highest BCUT2D eigenvalue weighted by atomic mass is 32.2. The molecule has 0 spiro atoms. The van der Waals surface area contributed by atoms with Crippen molar-refractivity contribution in [2.24, 2.45) is 0 Å². The van der Waals surface area contributed by atoms with Crippen LogP contribution in [0, 0.1) is 0 Å². The number of ether oxygens (including phenoxy) is 2. The van der Waals surface area contributed by atoms with Gasteiger partial charge in [0.25, 0.3) is 16.1 Å². The van der Waals surface area contributed by atoms with Gasteiger partial charge in [-0.05, 0) is 43.4 Å². The van der Waals surface area contributed by atoms with Crippen LogP contribution in [-0.2, 0) is 20.4 Å². The molecule has 0 bridgehead atoms. The van der Waals surface area contributed by atoms with E-state index in [1.165, 1.54) is 4.31 Å². The van der Waals surface area contributed by atoms with Crippen LogP contribution >= 0.6 is 0 Å². The molecule has 2 fully saturated rings. The van der Waals surface area contributed by atoms with Gasteiger partial charge in [-0.3, -0.25) is 4.79 Å². The fourth-order valence-electron chi connectivity index (χ4n) is 4.90. The zero-order chi connectivity index (χ0) is 24.0. The van der Waals surface area contributed by atoms with Crippen molar-refractivity contribution in [1.29, 1.82) is 0 Å². The molecule has 2 aliphatic rings. The number of hydrogen-bond acceptors (Lipinski definition) is 5. The molecule has 8 nitrogen and oxygen atoms in total. The summed E-state index contributed by atoms with van der Waals surface area (Å²) in [6.45, 7) is 2.08. The molecule has 1 aliphatic heterocycles. The zero-order valence-electron chi connectivity index (χ0n) is 19.5. The molecule has 1 amide bonds. The Morgan fingerprint density at radius 3 is 2.38 bits per heavy atom. The zero-order valence-corrected chi connectivity index (χ0v) is 20.4. The van der Waals surface area contributed by atoms with Crippen molar-refractivity contribution in [1.82, 2.24) is 14.3 Å². The average molecular weight is 488 g/mol.